The highest BCUT2D eigenvalue weighted by Crippen LogP contribution is 2.23. The Kier molecular flexibility index (Phi) is 3.65. The van der Waals surface area contributed by atoms with Crippen molar-refractivity contribution in [1.29, 1.82) is 0 Å². The zero-order valence-electron chi connectivity index (χ0n) is 10.7. The Morgan fingerprint density at radius 2 is 2.26 bits per heavy atom. The van der Waals surface area contributed by atoms with Crippen LogP contribution in [-0.2, 0) is 18.4 Å². The van der Waals surface area contributed by atoms with E-state index in [0.29, 0.717) is 22.7 Å². The van der Waals surface area contributed by atoms with Crippen LogP contribution in [-0.4, -0.2) is 28.1 Å². The predicted octanol–water partition coefficient (Wildman–Crippen LogP) is 0.763. The lowest BCUT2D eigenvalue weighted by Gasteiger charge is -2.09. The molecule has 0 saturated heterocycles. The molecule has 7 heteroatoms. The molecule has 0 aliphatic rings. The van der Waals surface area contributed by atoms with Crippen molar-refractivity contribution in [2.24, 2.45) is 7.05 Å². The van der Waals surface area contributed by atoms with Crippen molar-refractivity contribution in [3.05, 3.63) is 35.7 Å². The molecule has 2 N–H and O–H groups in total. The van der Waals surface area contributed by atoms with Gasteiger partial charge in [0.15, 0.2) is 0 Å². The van der Waals surface area contributed by atoms with Crippen LogP contribution in [0, 0.1) is 0 Å². The molecule has 0 unspecified atom stereocenters. The zero-order chi connectivity index (χ0) is 13.8. The van der Waals surface area contributed by atoms with Crippen molar-refractivity contribution in [1.82, 2.24) is 15.0 Å². The molecule has 1 heterocycles. The van der Waals surface area contributed by atoms with E-state index in [4.69, 9.17) is 10.5 Å². The molecule has 19 heavy (non-hydrogen) atoms. The third-order valence-corrected chi connectivity index (χ3v) is 2.44. The van der Waals surface area contributed by atoms with E-state index in [1.54, 1.807) is 36.1 Å². The SMILES string of the molecule is COC(=O)c1ccc(N)cc1OCc1cn(C)nn1. The van der Waals surface area contributed by atoms with E-state index in [9.17, 15) is 4.79 Å². The molecule has 0 bridgehead atoms. The van der Waals surface area contributed by atoms with Gasteiger partial charge in [0.05, 0.1) is 13.3 Å². The number of benzene rings is 1. The van der Waals surface area contributed by atoms with Gasteiger partial charge in [0, 0.05) is 18.8 Å². The monoisotopic (exact) mass is 262 g/mol. The Labute approximate surface area is 109 Å². The standard InChI is InChI=1S/C12H14N4O3/c1-16-6-9(14-15-16)7-19-11-5-8(13)3-4-10(11)12(17)18-2/h3-6H,7,13H2,1-2H3. The highest BCUT2D eigenvalue weighted by Gasteiger charge is 2.14. The maximum atomic E-state index is 11.6. The summed E-state index contributed by atoms with van der Waals surface area (Å²) < 4.78 is 11.8. The minimum absolute atomic E-state index is 0.196. The number of methoxy groups -OCH3 is 1. The Balaban J connectivity index is 2.18. The molecule has 1 aromatic heterocycles. The number of hydrogen-bond donors (Lipinski definition) is 1. The molecule has 0 amide bonds. The van der Waals surface area contributed by atoms with Gasteiger partial charge in [-0.15, -0.1) is 5.10 Å². The summed E-state index contributed by atoms with van der Waals surface area (Å²) in [5, 5.41) is 7.68. The van der Waals surface area contributed by atoms with Gasteiger partial charge < -0.3 is 15.2 Å². The molecule has 100 valence electrons. The van der Waals surface area contributed by atoms with Gasteiger partial charge in [0.25, 0.3) is 0 Å². The zero-order valence-corrected chi connectivity index (χ0v) is 10.7. The first-order valence-corrected chi connectivity index (χ1v) is 5.56. The Morgan fingerprint density at radius 1 is 1.47 bits per heavy atom. The summed E-state index contributed by atoms with van der Waals surface area (Å²) in [5.41, 5.74) is 7.15. The molecule has 0 radical (unpaired) electrons. The largest absolute Gasteiger partial charge is 0.486 e. The van der Waals surface area contributed by atoms with Crippen molar-refractivity contribution in [2.75, 3.05) is 12.8 Å². The number of nitrogen functional groups attached to an aromatic ring is 1. The molecule has 0 fully saturated rings. The second-order valence-electron chi connectivity index (χ2n) is 3.92. The van der Waals surface area contributed by atoms with Crippen LogP contribution in [0.25, 0.3) is 0 Å². The average molecular weight is 262 g/mol. The molecule has 7 nitrogen and oxygen atoms in total. The van der Waals surface area contributed by atoms with E-state index in [-0.39, 0.29) is 6.61 Å². The Hall–Kier alpha value is -2.57. The van der Waals surface area contributed by atoms with E-state index < -0.39 is 5.97 Å². The first kappa shape index (κ1) is 12.9. The first-order chi connectivity index (χ1) is 9.10. The van der Waals surface area contributed by atoms with Crippen LogP contribution in [0.5, 0.6) is 5.75 Å². The summed E-state index contributed by atoms with van der Waals surface area (Å²) in [4.78, 5) is 11.6. The molecule has 0 aliphatic carbocycles. The van der Waals surface area contributed by atoms with Crippen molar-refractivity contribution < 1.29 is 14.3 Å². The molecule has 0 spiro atoms. The predicted molar refractivity (Wildman–Crippen MR) is 67.5 cm³/mol. The number of ether oxygens (including phenoxy) is 2. The van der Waals surface area contributed by atoms with Crippen molar-refractivity contribution in [3.8, 4) is 5.75 Å². The van der Waals surface area contributed by atoms with Gasteiger partial charge in [0.1, 0.15) is 23.6 Å². The maximum Gasteiger partial charge on any atom is 0.341 e. The highest BCUT2D eigenvalue weighted by atomic mass is 16.5. The Bertz CT molecular complexity index is 594. The third-order valence-electron chi connectivity index (χ3n) is 2.44. The highest BCUT2D eigenvalue weighted by molar-refractivity contribution is 5.93. The molecule has 2 rings (SSSR count). The fraction of sp³-hybridized carbons (Fsp3) is 0.250. The number of nitrogens with two attached hydrogens (primary N) is 1. The first-order valence-electron chi connectivity index (χ1n) is 5.56. The number of hydrogen-bond acceptors (Lipinski definition) is 6. The number of rotatable bonds is 4. The number of aromatic nitrogens is 3. The second kappa shape index (κ2) is 5.38. The van der Waals surface area contributed by atoms with Gasteiger partial charge in [-0.1, -0.05) is 5.21 Å². The average Bonchev–Trinajstić information content (AvgIpc) is 2.81. The molecule has 0 aliphatic heterocycles. The van der Waals surface area contributed by atoms with E-state index in [1.807, 2.05) is 0 Å². The Morgan fingerprint density at radius 3 is 2.89 bits per heavy atom. The molecule has 0 atom stereocenters. The summed E-state index contributed by atoms with van der Waals surface area (Å²) in [6.07, 6.45) is 1.73. The van der Waals surface area contributed by atoms with Crippen LogP contribution in [0.3, 0.4) is 0 Å². The van der Waals surface area contributed by atoms with Gasteiger partial charge in [-0.2, -0.15) is 0 Å². The van der Waals surface area contributed by atoms with E-state index in [2.05, 4.69) is 15.0 Å². The number of carbonyl (C=O) groups is 1. The fourth-order valence-corrected chi connectivity index (χ4v) is 1.55. The summed E-state index contributed by atoms with van der Waals surface area (Å²) in [5.74, 6) is -0.119. The lowest BCUT2D eigenvalue weighted by atomic mass is 10.2. The van der Waals surface area contributed by atoms with Crippen molar-refractivity contribution in [3.63, 3.8) is 0 Å². The molecule has 1 aromatic carbocycles. The second-order valence-corrected chi connectivity index (χ2v) is 3.92. The van der Waals surface area contributed by atoms with Crippen LogP contribution in [0.4, 0.5) is 5.69 Å². The van der Waals surface area contributed by atoms with Crippen LogP contribution < -0.4 is 10.5 Å². The van der Waals surface area contributed by atoms with Gasteiger partial charge in [-0.3, -0.25) is 4.68 Å². The fourth-order valence-electron chi connectivity index (χ4n) is 1.55. The van der Waals surface area contributed by atoms with Gasteiger partial charge in [-0.05, 0) is 12.1 Å². The van der Waals surface area contributed by atoms with Gasteiger partial charge in [-0.25, -0.2) is 4.79 Å². The molecular formula is C12H14N4O3. The molecule has 2 aromatic rings. The van der Waals surface area contributed by atoms with Crippen LogP contribution in [0.1, 0.15) is 16.1 Å². The number of carbonyl (C=O) groups excluding carboxylic acids is 1. The molecular weight excluding hydrogens is 248 g/mol. The minimum Gasteiger partial charge on any atom is -0.486 e. The normalized spacial score (nSPS) is 10.2. The van der Waals surface area contributed by atoms with Gasteiger partial charge >= 0.3 is 5.97 Å². The molecule has 0 saturated carbocycles. The topological polar surface area (TPSA) is 92.3 Å². The summed E-state index contributed by atoms with van der Waals surface area (Å²) in [7, 11) is 3.07. The quantitative estimate of drug-likeness (QED) is 0.646. The van der Waals surface area contributed by atoms with E-state index >= 15 is 0 Å². The van der Waals surface area contributed by atoms with Gasteiger partial charge in [0.2, 0.25) is 0 Å². The number of nitrogens with zero attached hydrogens (tertiary/aromatic N) is 3. The third kappa shape index (κ3) is 3.01. The lowest BCUT2D eigenvalue weighted by molar-refractivity contribution is 0.0595. The minimum atomic E-state index is -0.478. The van der Waals surface area contributed by atoms with Crippen LogP contribution in [0.15, 0.2) is 24.4 Å². The summed E-state index contributed by atoms with van der Waals surface area (Å²) in [6.45, 7) is 0.196. The maximum absolute atomic E-state index is 11.6. The smallest absolute Gasteiger partial charge is 0.341 e. The van der Waals surface area contributed by atoms with E-state index in [0.717, 1.165) is 0 Å². The number of aryl methyl sites for hydroxylation is 1. The van der Waals surface area contributed by atoms with Crippen LogP contribution in [0.2, 0.25) is 0 Å². The lowest BCUT2D eigenvalue weighted by Crippen LogP contribution is -2.06. The van der Waals surface area contributed by atoms with Crippen LogP contribution >= 0.6 is 0 Å². The van der Waals surface area contributed by atoms with Crippen molar-refractivity contribution >= 4 is 11.7 Å². The van der Waals surface area contributed by atoms with E-state index in [1.165, 1.54) is 7.11 Å². The number of anilines is 1. The number of esters is 1. The summed E-state index contributed by atoms with van der Waals surface area (Å²) >= 11 is 0. The summed E-state index contributed by atoms with van der Waals surface area (Å²) in [6, 6.07) is 4.75. The van der Waals surface area contributed by atoms with Crippen molar-refractivity contribution in [2.45, 2.75) is 6.61 Å².